The Balaban J connectivity index is 1.65. The highest BCUT2D eigenvalue weighted by Crippen LogP contribution is 2.31. The molecule has 1 unspecified atom stereocenters. The Morgan fingerprint density at radius 3 is 2.63 bits per heavy atom. The van der Waals surface area contributed by atoms with Crippen molar-refractivity contribution in [1.82, 2.24) is 15.2 Å². The first kappa shape index (κ1) is 19.3. The number of non-ortho nitro benzene ring substituents is 1. The standard InChI is InChI=1S/C21H18N4O5/c1-12-18(15-8-3-4-9-16(15)22-12)17(26)11-24-19(27)21(2,23-20(24)28)13-6-5-7-14(10-13)25(29)30/h3-10,22H,11H2,1-2H3,(H,23,28). The van der Waals surface area contributed by atoms with E-state index in [4.69, 9.17) is 0 Å². The lowest BCUT2D eigenvalue weighted by Crippen LogP contribution is -2.41. The number of urea groups is 1. The maximum atomic E-state index is 13.1. The number of ketones is 1. The molecule has 2 aromatic carbocycles. The fourth-order valence-electron chi connectivity index (χ4n) is 3.83. The molecule has 4 rings (SSSR count). The van der Waals surface area contributed by atoms with Gasteiger partial charge >= 0.3 is 6.03 Å². The molecular formula is C21H18N4O5. The number of aryl methyl sites for hydroxylation is 1. The Morgan fingerprint density at radius 2 is 1.90 bits per heavy atom. The van der Waals surface area contributed by atoms with E-state index in [9.17, 15) is 24.5 Å². The van der Waals surface area contributed by atoms with Crippen LogP contribution in [0.2, 0.25) is 0 Å². The van der Waals surface area contributed by atoms with E-state index in [1.54, 1.807) is 19.1 Å². The first-order valence-electron chi connectivity index (χ1n) is 9.22. The number of hydrogen-bond acceptors (Lipinski definition) is 5. The van der Waals surface area contributed by atoms with Crippen molar-refractivity contribution >= 4 is 34.3 Å². The van der Waals surface area contributed by atoms with Crippen LogP contribution in [0.5, 0.6) is 0 Å². The van der Waals surface area contributed by atoms with E-state index < -0.39 is 28.9 Å². The fourth-order valence-corrected chi connectivity index (χ4v) is 3.83. The largest absolute Gasteiger partial charge is 0.358 e. The lowest BCUT2D eigenvalue weighted by molar-refractivity contribution is -0.385. The molecule has 0 radical (unpaired) electrons. The van der Waals surface area contributed by atoms with E-state index in [-0.39, 0.29) is 17.0 Å². The van der Waals surface area contributed by atoms with Gasteiger partial charge in [-0.1, -0.05) is 30.3 Å². The third kappa shape index (κ3) is 2.91. The van der Waals surface area contributed by atoms with E-state index >= 15 is 0 Å². The van der Waals surface area contributed by atoms with Gasteiger partial charge in [0.15, 0.2) is 5.78 Å². The number of aromatic amines is 1. The van der Waals surface area contributed by atoms with Crippen LogP contribution < -0.4 is 5.32 Å². The molecule has 2 N–H and O–H groups in total. The summed E-state index contributed by atoms with van der Waals surface area (Å²) < 4.78 is 0. The molecule has 0 aliphatic carbocycles. The van der Waals surface area contributed by atoms with Gasteiger partial charge in [-0.3, -0.25) is 24.6 Å². The van der Waals surface area contributed by atoms with Crippen molar-refractivity contribution in [3.8, 4) is 0 Å². The highest BCUT2D eigenvalue weighted by atomic mass is 16.6. The summed E-state index contributed by atoms with van der Waals surface area (Å²) in [6.45, 7) is 2.79. The number of amides is 3. The van der Waals surface area contributed by atoms with Gasteiger partial charge in [0.2, 0.25) is 0 Å². The maximum absolute atomic E-state index is 13.1. The number of nitrogens with one attached hydrogen (secondary N) is 2. The number of rotatable bonds is 5. The van der Waals surface area contributed by atoms with Crippen molar-refractivity contribution in [2.45, 2.75) is 19.4 Å². The number of Topliss-reactive ketones (excluding diaryl/α,β-unsaturated/α-hetero) is 1. The van der Waals surface area contributed by atoms with Gasteiger partial charge in [-0.2, -0.15) is 0 Å². The average Bonchev–Trinajstić information content (AvgIpc) is 3.16. The first-order chi connectivity index (χ1) is 14.2. The minimum absolute atomic E-state index is 0.195. The molecule has 1 aliphatic heterocycles. The summed E-state index contributed by atoms with van der Waals surface area (Å²) in [6, 6.07) is 12.1. The zero-order valence-corrected chi connectivity index (χ0v) is 16.3. The molecule has 2 heterocycles. The second kappa shape index (κ2) is 6.80. The lowest BCUT2D eigenvalue weighted by Gasteiger charge is -2.22. The Labute approximate surface area is 170 Å². The number of H-pyrrole nitrogens is 1. The lowest BCUT2D eigenvalue weighted by atomic mass is 9.91. The summed E-state index contributed by atoms with van der Waals surface area (Å²) >= 11 is 0. The minimum Gasteiger partial charge on any atom is -0.358 e. The zero-order chi connectivity index (χ0) is 21.6. The number of nitro benzene ring substituents is 1. The second-order valence-corrected chi connectivity index (χ2v) is 7.35. The molecule has 0 bridgehead atoms. The van der Waals surface area contributed by atoms with E-state index in [1.165, 1.54) is 31.2 Å². The smallest absolute Gasteiger partial charge is 0.325 e. The van der Waals surface area contributed by atoms with Crippen LogP contribution in [0.1, 0.15) is 28.5 Å². The molecule has 1 aliphatic rings. The van der Waals surface area contributed by atoms with E-state index in [2.05, 4.69) is 10.3 Å². The van der Waals surface area contributed by atoms with Crippen LogP contribution in [0.3, 0.4) is 0 Å². The summed E-state index contributed by atoms with van der Waals surface area (Å²) in [4.78, 5) is 53.1. The molecule has 9 nitrogen and oxygen atoms in total. The van der Waals surface area contributed by atoms with Crippen molar-refractivity contribution in [2.75, 3.05) is 6.54 Å². The van der Waals surface area contributed by atoms with E-state index in [0.717, 1.165) is 10.4 Å². The van der Waals surface area contributed by atoms with Gasteiger partial charge in [0.25, 0.3) is 11.6 Å². The number of fused-ring (bicyclic) bond motifs is 1. The molecule has 1 aromatic heterocycles. The van der Waals surface area contributed by atoms with Crippen LogP contribution in [0, 0.1) is 17.0 Å². The number of nitro groups is 1. The number of benzene rings is 2. The number of imide groups is 1. The average molecular weight is 406 g/mol. The fraction of sp³-hybridized carbons (Fsp3) is 0.190. The molecule has 1 fully saturated rings. The SMILES string of the molecule is Cc1[nH]c2ccccc2c1C(=O)CN1C(=O)NC(C)(c2cccc([N+](=O)[O-])c2)C1=O. The molecule has 3 aromatic rings. The molecule has 1 saturated heterocycles. The van der Waals surface area contributed by atoms with Crippen molar-refractivity contribution in [2.24, 2.45) is 0 Å². The predicted octanol–water partition coefficient (Wildman–Crippen LogP) is 3.03. The summed E-state index contributed by atoms with van der Waals surface area (Å²) in [5.41, 5.74) is 0.438. The quantitative estimate of drug-likeness (QED) is 0.292. The highest BCUT2D eigenvalue weighted by molar-refractivity contribution is 6.15. The highest BCUT2D eigenvalue weighted by Gasteiger charge is 2.50. The van der Waals surface area contributed by atoms with Gasteiger partial charge in [-0.05, 0) is 25.5 Å². The van der Waals surface area contributed by atoms with Gasteiger partial charge in [0.05, 0.1) is 11.5 Å². The monoisotopic (exact) mass is 406 g/mol. The maximum Gasteiger partial charge on any atom is 0.325 e. The predicted molar refractivity (Wildman–Crippen MR) is 108 cm³/mol. The summed E-state index contributed by atoms with van der Waals surface area (Å²) in [5.74, 6) is -1.02. The third-order valence-electron chi connectivity index (χ3n) is 5.38. The Kier molecular flexibility index (Phi) is 4.38. The van der Waals surface area contributed by atoms with Crippen molar-refractivity contribution in [1.29, 1.82) is 0 Å². The number of nitrogens with zero attached hydrogens (tertiary/aromatic N) is 2. The van der Waals surface area contributed by atoms with Crippen molar-refractivity contribution in [3.63, 3.8) is 0 Å². The van der Waals surface area contributed by atoms with Gasteiger partial charge in [-0.15, -0.1) is 0 Å². The molecular weight excluding hydrogens is 388 g/mol. The van der Waals surface area contributed by atoms with Crippen LogP contribution in [0.15, 0.2) is 48.5 Å². The number of para-hydroxylation sites is 1. The van der Waals surface area contributed by atoms with Crippen molar-refractivity contribution < 1.29 is 19.3 Å². The van der Waals surface area contributed by atoms with Crippen LogP contribution >= 0.6 is 0 Å². The molecule has 0 saturated carbocycles. The second-order valence-electron chi connectivity index (χ2n) is 7.35. The third-order valence-corrected chi connectivity index (χ3v) is 5.38. The molecule has 0 spiro atoms. The van der Waals surface area contributed by atoms with Gasteiger partial charge in [0.1, 0.15) is 5.54 Å². The first-order valence-corrected chi connectivity index (χ1v) is 9.22. The van der Waals surface area contributed by atoms with Gasteiger partial charge < -0.3 is 10.3 Å². The number of aromatic nitrogens is 1. The molecule has 9 heteroatoms. The van der Waals surface area contributed by atoms with Crippen LogP contribution in [0.4, 0.5) is 10.5 Å². The van der Waals surface area contributed by atoms with Crippen LogP contribution in [0.25, 0.3) is 10.9 Å². The Bertz CT molecular complexity index is 1230. The number of carbonyl (C=O) groups is 3. The Morgan fingerprint density at radius 1 is 1.17 bits per heavy atom. The van der Waals surface area contributed by atoms with E-state index in [1.807, 2.05) is 12.1 Å². The zero-order valence-electron chi connectivity index (χ0n) is 16.3. The number of carbonyl (C=O) groups excluding carboxylic acids is 3. The molecule has 30 heavy (non-hydrogen) atoms. The number of hydrogen-bond donors (Lipinski definition) is 2. The van der Waals surface area contributed by atoms with Crippen LogP contribution in [-0.4, -0.2) is 39.1 Å². The molecule has 152 valence electrons. The van der Waals surface area contributed by atoms with E-state index in [0.29, 0.717) is 16.6 Å². The van der Waals surface area contributed by atoms with Crippen molar-refractivity contribution in [3.05, 3.63) is 75.5 Å². The molecule has 3 amide bonds. The topological polar surface area (TPSA) is 125 Å². The van der Waals surface area contributed by atoms with Crippen LogP contribution in [-0.2, 0) is 10.3 Å². The normalized spacial score (nSPS) is 18.7. The van der Waals surface area contributed by atoms with Gasteiger partial charge in [0, 0.05) is 34.3 Å². The molecule has 1 atom stereocenters. The van der Waals surface area contributed by atoms with Gasteiger partial charge in [-0.25, -0.2) is 4.79 Å². The minimum atomic E-state index is -1.50. The Hall–Kier alpha value is -4.01. The summed E-state index contributed by atoms with van der Waals surface area (Å²) in [7, 11) is 0. The summed E-state index contributed by atoms with van der Waals surface area (Å²) in [5, 5.41) is 14.4. The summed E-state index contributed by atoms with van der Waals surface area (Å²) in [6.07, 6.45) is 0.